The molecule has 5 heteroatoms. The number of phenolic OH excluding ortho intramolecular Hbond substituents is 1. The number of carbonyl (C=O) groups is 1. The molecule has 0 aliphatic carbocycles. The molecule has 0 fully saturated rings. The van der Waals surface area contributed by atoms with Gasteiger partial charge in [0.15, 0.2) is 0 Å². The Morgan fingerprint density at radius 3 is 2.50 bits per heavy atom. The van der Waals surface area contributed by atoms with Crippen LogP contribution in [-0.2, 0) is 6.54 Å². The Hall–Kier alpha value is -2.40. The van der Waals surface area contributed by atoms with Gasteiger partial charge in [-0.05, 0) is 36.9 Å². The van der Waals surface area contributed by atoms with Gasteiger partial charge in [0.25, 0.3) is 5.91 Å². The standard InChI is InChI=1S/C15H15FN2O2/c1-17-9-10-2-4-11(5-3-10)18-15(20)13-7-6-12(19)8-14(13)16/h2-8,17,19H,9H2,1H3,(H,18,20). The van der Waals surface area contributed by atoms with Crippen LogP contribution in [0.4, 0.5) is 10.1 Å². The van der Waals surface area contributed by atoms with Gasteiger partial charge in [0.2, 0.25) is 0 Å². The number of nitrogens with one attached hydrogen (secondary N) is 2. The van der Waals surface area contributed by atoms with E-state index in [0.717, 1.165) is 18.2 Å². The van der Waals surface area contributed by atoms with Gasteiger partial charge in [-0.1, -0.05) is 12.1 Å². The molecule has 2 rings (SSSR count). The summed E-state index contributed by atoms with van der Waals surface area (Å²) in [4.78, 5) is 11.9. The molecular weight excluding hydrogens is 259 g/mol. The molecular formula is C15H15FN2O2. The van der Waals surface area contributed by atoms with Crippen LogP contribution in [0.5, 0.6) is 5.75 Å². The van der Waals surface area contributed by atoms with Crippen LogP contribution < -0.4 is 10.6 Å². The molecule has 1 amide bonds. The molecule has 4 nitrogen and oxygen atoms in total. The van der Waals surface area contributed by atoms with Crippen molar-refractivity contribution >= 4 is 11.6 Å². The van der Waals surface area contributed by atoms with Crippen LogP contribution in [0.2, 0.25) is 0 Å². The van der Waals surface area contributed by atoms with Gasteiger partial charge in [0.05, 0.1) is 5.56 Å². The quantitative estimate of drug-likeness (QED) is 0.802. The number of hydrogen-bond acceptors (Lipinski definition) is 3. The van der Waals surface area contributed by atoms with Crippen LogP contribution >= 0.6 is 0 Å². The first-order valence-electron chi connectivity index (χ1n) is 6.13. The van der Waals surface area contributed by atoms with Crippen molar-refractivity contribution in [3.63, 3.8) is 0 Å². The zero-order valence-electron chi connectivity index (χ0n) is 11.0. The molecule has 0 saturated carbocycles. The van der Waals surface area contributed by atoms with Crippen molar-refractivity contribution in [1.29, 1.82) is 0 Å². The molecule has 0 heterocycles. The fourth-order valence-corrected chi connectivity index (χ4v) is 1.80. The van der Waals surface area contributed by atoms with E-state index in [-0.39, 0.29) is 11.3 Å². The second-order valence-corrected chi connectivity index (χ2v) is 4.35. The first-order valence-corrected chi connectivity index (χ1v) is 6.13. The summed E-state index contributed by atoms with van der Waals surface area (Å²) in [5, 5.41) is 14.7. The summed E-state index contributed by atoms with van der Waals surface area (Å²) in [6.07, 6.45) is 0. The molecule has 0 aliphatic heterocycles. The second-order valence-electron chi connectivity index (χ2n) is 4.35. The van der Waals surface area contributed by atoms with Crippen LogP contribution in [-0.4, -0.2) is 18.1 Å². The van der Waals surface area contributed by atoms with Gasteiger partial charge >= 0.3 is 0 Å². The van der Waals surface area contributed by atoms with E-state index in [4.69, 9.17) is 5.11 Å². The highest BCUT2D eigenvalue weighted by Crippen LogP contribution is 2.17. The maximum Gasteiger partial charge on any atom is 0.258 e. The third kappa shape index (κ3) is 3.33. The van der Waals surface area contributed by atoms with E-state index >= 15 is 0 Å². The van der Waals surface area contributed by atoms with Gasteiger partial charge in [-0.25, -0.2) is 4.39 Å². The predicted octanol–water partition coefficient (Wildman–Crippen LogP) is 2.50. The highest BCUT2D eigenvalue weighted by molar-refractivity contribution is 6.04. The van der Waals surface area contributed by atoms with Gasteiger partial charge in [-0.3, -0.25) is 4.79 Å². The zero-order chi connectivity index (χ0) is 14.5. The third-order valence-electron chi connectivity index (χ3n) is 2.79. The minimum Gasteiger partial charge on any atom is -0.508 e. The monoisotopic (exact) mass is 274 g/mol. The predicted molar refractivity (Wildman–Crippen MR) is 75.2 cm³/mol. The number of hydrogen-bond donors (Lipinski definition) is 3. The minimum absolute atomic E-state index is 0.109. The largest absolute Gasteiger partial charge is 0.508 e. The number of amides is 1. The lowest BCUT2D eigenvalue weighted by Crippen LogP contribution is -2.13. The van der Waals surface area contributed by atoms with Crippen molar-refractivity contribution in [2.24, 2.45) is 0 Å². The zero-order valence-corrected chi connectivity index (χ0v) is 11.0. The molecule has 0 aromatic heterocycles. The number of phenols is 1. The summed E-state index contributed by atoms with van der Waals surface area (Å²) in [7, 11) is 1.85. The molecule has 0 radical (unpaired) electrons. The van der Waals surface area contributed by atoms with E-state index in [9.17, 15) is 9.18 Å². The third-order valence-corrected chi connectivity index (χ3v) is 2.79. The Morgan fingerprint density at radius 2 is 1.90 bits per heavy atom. The fourth-order valence-electron chi connectivity index (χ4n) is 1.80. The normalized spacial score (nSPS) is 10.3. The molecule has 0 saturated heterocycles. The molecule has 2 aromatic carbocycles. The molecule has 0 spiro atoms. The molecule has 0 atom stereocenters. The van der Waals surface area contributed by atoms with Crippen molar-refractivity contribution in [2.45, 2.75) is 6.54 Å². The Labute approximate surface area is 116 Å². The highest BCUT2D eigenvalue weighted by Gasteiger charge is 2.12. The van der Waals surface area contributed by atoms with Gasteiger partial charge in [-0.15, -0.1) is 0 Å². The smallest absolute Gasteiger partial charge is 0.258 e. The summed E-state index contributed by atoms with van der Waals surface area (Å²) in [6, 6.07) is 10.7. The first-order chi connectivity index (χ1) is 9.60. The lowest BCUT2D eigenvalue weighted by Gasteiger charge is -2.07. The molecule has 0 aliphatic rings. The van der Waals surface area contributed by atoms with Gasteiger partial charge < -0.3 is 15.7 Å². The van der Waals surface area contributed by atoms with Crippen LogP contribution in [0.1, 0.15) is 15.9 Å². The first kappa shape index (κ1) is 14.0. The van der Waals surface area contributed by atoms with E-state index in [2.05, 4.69) is 10.6 Å². The lowest BCUT2D eigenvalue weighted by atomic mass is 10.1. The van der Waals surface area contributed by atoms with Crippen molar-refractivity contribution < 1.29 is 14.3 Å². The maximum atomic E-state index is 13.5. The van der Waals surface area contributed by atoms with E-state index in [1.807, 2.05) is 19.2 Å². The summed E-state index contributed by atoms with van der Waals surface area (Å²) in [5.41, 5.74) is 1.56. The van der Waals surface area contributed by atoms with Crippen LogP contribution in [0.25, 0.3) is 0 Å². The summed E-state index contributed by atoms with van der Waals surface area (Å²) >= 11 is 0. The highest BCUT2D eigenvalue weighted by atomic mass is 19.1. The van der Waals surface area contributed by atoms with Crippen molar-refractivity contribution in [2.75, 3.05) is 12.4 Å². The van der Waals surface area contributed by atoms with Gasteiger partial charge in [0, 0.05) is 18.3 Å². The van der Waals surface area contributed by atoms with Crippen LogP contribution in [0.15, 0.2) is 42.5 Å². The number of benzene rings is 2. The van der Waals surface area contributed by atoms with Crippen LogP contribution in [0.3, 0.4) is 0 Å². The van der Waals surface area contributed by atoms with E-state index in [1.54, 1.807) is 12.1 Å². The number of carbonyl (C=O) groups excluding carboxylic acids is 1. The number of halogens is 1. The lowest BCUT2D eigenvalue weighted by molar-refractivity contribution is 0.102. The summed E-state index contributed by atoms with van der Waals surface area (Å²) < 4.78 is 13.5. The molecule has 0 unspecified atom stereocenters. The minimum atomic E-state index is -0.755. The van der Waals surface area contributed by atoms with Crippen LogP contribution in [0, 0.1) is 5.82 Å². The summed E-state index contributed by atoms with van der Waals surface area (Å²) in [5.74, 6) is -1.52. The topological polar surface area (TPSA) is 61.4 Å². The fraction of sp³-hybridized carbons (Fsp3) is 0.133. The van der Waals surface area contributed by atoms with E-state index < -0.39 is 11.7 Å². The average molecular weight is 274 g/mol. The van der Waals surface area contributed by atoms with E-state index in [0.29, 0.717) is 5.69 Å². The summed E-state index contributed by atoms with van der Waals surface area (Å²) in [6.45, 7) is 0.737. The molecule has 3 N–H and O–H groups in total. The van der Waals surface area contributed by atoms with Gasteiger partial charge in [-0.2, -0.15) is 0 Å². The SMILES string of the molecule is CNCc1ccc(NC(=O)c2ccc(O)cc2F)cc1. The molecule has 20 heavy (non-hydrogen) atoms. The number of aromatic hydroxyl groups is 1. The Bertz CT molecular complexity index is 612. The number of anilines is 1. The Morgan fingerprint density at radius 1 is 1.20 bits per heavy atom. The van der Waals surface area contributed by atoms with Crippen molar-refractivity contribution in [3.05, 3.63) is 59.4 Å². The van der Waals surface area contributed by atoms with Crippen molar-refractivity contribution in [3.8, 4) is 5.75 Å². The van der Waals surface area contributed by atoms with Crippen molar-refractivity contribution in [1.82, 2.24) is 5.32 Å². The number of rotatable bonds is 4. The molecule has 0 bridgehead atoms. The average Bonchev–Trinajstić information content (AvgIpc) is 2.41. The van der Waals surface area contributed by atoms with E-state index in [1.165, 1.54) is 12.1 Å². The molecule has 104 valence electrons. The molecule has 2 aromatic rings. The van der Waals surface area contributed by atoms with Gasteiger partial charge in [0.1, 0.15) is 11.6 Å². The maximum absolute atomic E-state index is 13.5. The second kappa shape index (κ2) is 6.16. The Balaban J connectivity index is 2.11. The Kier molecular flexibility index (Phi) is 4.32.